The minimum atomic E-state index is -4.33. The molecule has 212 valence electrons. The highest BCUT2D eigenvalue weighted by molar-refractivity contribution is 7.52. The second-order valence-electron chi connectivity index (χ2n) is 8.84. The number of aryl methyl sites for hydroxylation is 1. The first-order valence-corrected chi connectivity index (χ1v) is 13.9. The standard InChI is InChI=1S/C23H29ClFN6O7P/c1-13(22(33)35-4)30-39(34,38-15-8-6-5-7-9-15)36-11-23(10-24)18(32)16(25)21(37-23)31-12-27-17-19(26-3)28-14(2)29-20(17)31/h5-9,12-13,16,18,21,32H,10-11H2,1-4H3,(H,30,34)(H,26,28,29)/t13-,16+,18+,21-,23-,39?/m1/s1. The highest BCUT2D eigenvalue weighted by atomic mass is 35.5. The van der Waals surface area contributed by atoms with Crippen LogP contribution in [0.2, 0.25) is 0 Å². The van der Waals surface area contributed by atoms with Gasteiger partial charge in [-0.1, -0.05) is 18.2 Å². The first kappa shape index (κ1) is 29.1. The Morgan fingerprint density at radius 2 is 2.08 bits per heavy atom. The maximum atomic E-state index is 15.6. The molecular formula is C23H29ClFN6O7P. The maximum absolute atomic E-state index is 15.6. The van der Waals surface area contributed by atoms with Crippen molar-refractivity contribution >= 4 is 42.3 Å². The Morgan fingerprint density at radius 1 is 1.36 bits per heavy atom. The first-order valence-electron chi connectivity index (χ1n) is 11.9. The normalized spacial score (nSPS) is 25.3. The number of carbonyl (C=O) groups excluding carboxylic acids is 1. The number of carbonyl (C=O) groups is 1. The van der Waals surface area contributed by atoms with Gasteiger partial charge in [-0.05, 0) is 26.0 Å². The van der Waals surface area contributed by atoms with E-state index in [1.54, 1.807) is 32.2 Å². The summed E-state index contributed by atoms with van der Waals surface area (Å²) < 4.78 is 52.5. The van der Waals surface area contributed by atoms with E-state index < -0.39 is 56.3 Å². The van der Waals surface area contributed by atoms with Crippen molar-refractivity contribution in [2.24, 2.45) is 0 Å². The molecule has 3 aromatic rings. The number of aromatic nitrogens is 4. The number of imidazole rings is 1. The van der Waals surface area contributed by atoms with Crippen LogP contribution in [0, 0.1) is 6.92 Å². The molecule has 0 spiro atoms. The summed E-state index contributed by atoms with van der Waals surface area (Å²) in [6, 6.07) is 6.97. The number of nitrogens with zero attached hydrogens (tertiary/aromatic N) is 4. The Morgan fingerprint density at radius 3 is 2.72 bits per heavy atom. The van der Waals surface area contributed by atoms with Gasteiger partial charge >= 0.3 is 13.7 Å². The van der Waals surface area contributed by atoms with E-state index in [1.807, 2.05) is 0 Å². The Hall–Kier alpha value is -2.87. The van der Waals surface area contributed by atoms with E-state index in [0.717, 1.165) is 0 Å². The van der Waals surface area contributed by atoms with Crippen LogP contribution in [0.4, 0.5) is 10.2 Å². The zero-order chi connectivity index (χ0) is 28.4. The molecule has 0 radical (unpaired) electrons. The van der Waals surface area contributed by atoms with Crippen molar-refractivity contribution in [1.82, 2.24) is 24.6 Å². The highest BCUT2D eigenvalue weighted by Crippen LogP contribution is 2.48. The van der Waals surface area contributed by atoms with Gasteiger partial charge in [0.2, 0.25) is 0 Å². The summed E-state index contributed by atoms with van der Waals surface area (Å²) in [4.78, 5) is 24.9. The van der Waals surface area contributed by atoms with Gasteiger partial charge < -0.3 is 24.4 Å². The third kappa shape index (κ3) is 5.86. The average Bonchev–Trinajstić information content (AvgIpc) is 3.45. The summed E-state index contributed by atoms with van der Waals surface area (Å²) in [6.45, 7) is 2.40. The lowest BCUT2D eigenvalue weighted by atomic mass is 9.99. The summed E-state index contributed by atoms with van der Waals surface area (Å²) in [5.41, 5.74) is -1.22. The molecule has 13 nitrogen and oxygen atoms in total. The number of anilines is 1. The van der Waals surface area contributed by atoms with Gasteiger partial charge in [0.15, 0.2) is 29.4 Å². The van der Waals surface area contributed by atoms with Crippen molar-refractivity contribution in [1.29, 1.82) is 0 Å². The summed E-state index contributed by atoms with van der Waals surface area (Å²) in [7, 11) is -1.50. The fraction of sp³-hybridized carbons (Fsp3) is 0.478. The van der Waals surface area contributed by atoms with Gasteiger partial charge in [-0.25, -0.2) is 23.9 Å². The predicted molar refractivity (Wildman–Crippen MR) is 139 cm³/mol. The van der Waals surface area contributed by atoms with Crippen molar-refractivity contribution in [3.05, 3.63) is 42.5 Å². The highest BCUT2D eigenvalue weighted by Gasteiger charge is 2.57. The number of rotatable bonds is 11. The fourth-order valence-corrected chi connectivity index (χ4v) is 5.90. The molecule has 2 aromatic heterocycles. The first-order chi connectivity index (χ1) is 18.6. The van der Waals surface area contributed by atoms with Gasteiger partial charge in [0.1, 0.15) is 29.3 Å². The molecule has 1 saturated heterocycles. The third-order valence-corrected chi connectivity index (χ3v) is 8.17. The maximum Gasteiger partial charge on any atom is 0.459 e. The number of para-hydroxylation sites is 1. The number of methoxy groups -OCH3 is 1. The minimum Gasteiger partial charge on any atom is -0.468 e. The molecule has 0 aliphatic carbocycles. The molecule has 3 heterocycles. The van der Waals surface area contributed by atoms with Gasteiger partial charge in [-0.3, -0.25) is 13.9 Å². The average molecular weight is 587 g/mol. The van der Waals surface area contributed by atoms with Crippen LogP contribution >= 0.6 is 19.3 Å². The monoisotopic (exact) mass is 586 g/mol. The van der Waals surface area contributed by atoms with Crippen LogP contribution in [0.1, 0.15) is 19.0 Å². The Bertz CT molecular complexity index is 1370. The molecule has 3 N–H and O–H groups in total. The minimum absolute atomic E-state index is 0.166. The number of hydrogen-bond donors (Lipinski definition) is 3. The van der Waals surface area contributed by atoms with E-state index >= 15 is 4.39 Å². The van der Waals surface area contributed by atoms with Crippen LogP contribution in [0.5, 0.6) is 5.75 Å². The van der Waals surface area contributed by atoms with Crippen molar-refractivity contribution in [3.63, 3.8) is 0 Å². The molecule has 0 amide bonds. The lowest BCUT2D eigenvalue weighted by Crippen LogP contribution is -2.48. The predicted octanol–water partition coefficient (Wildman–Crippen LogP) is 2.74. The molecule has 0 saturated carbocycles. The molecule has 1 fully saturated rings. The number of nitrogens with one attached hydrogen (secondary N) is 2. The lowest BCUT2D eigenvalue weighted by Gasteiger charge is -2.31. The van der Waals surface area contributed by atoms with Crippen LogP contribution in [0.25, 0.3) is 11.2 Å². The van der Waals surface area contributed by atoms with Crippen LogP contribution in [0.15, 0.2) is 36.7 Å². The van der Waals surface area contributed by atoms with E-state index in [9.17, 15) is 14.5 Å². The number of hydrogen-bond acceptors (Lipinski definition) is 11. The van der Waals surface area contributed by atoms with E-state index in [4.69, 9.17) is 25.4 Å². The quantitative estimate of drug-likeness (QED) is 0.172. The summed E-state index contributed by atoms with van der Waals surface area (Å²) in [5.74, 6) is -0.166. The molecular weight excluding hydrogens is 558 g/mol. The number of alkyl halides is 2. The molecule has 1 aromatic carbocycles. The topological polar surface area (TPSA) is 159 Å². The van der Waals surface area contributed by atoms with Crippen LogP contribution in [0.3, 0.4) is 0 Å². The largest absolute Gasteiger partial charge is 0.468 e. The molecule has 0 bridgehead atoms. The number of ether oxygens (including phenoxy) is 2. The fourth-order valence-electron chi connectivity index (χ4n) is 4.06. The SMILES string of the molecule is CNc1nc(C)nc2c1ncn2[C@@H]1O[C@](CCl)(COP(=O)(N[C@H](C)C(=O)OC)Oc2ccccc2)[C@@H](O)[C@@H]1F. The zero-order valence-electron chi connectivity index (χ0n) is 21.6. The van der Waals surface area contributed by atoms with E-state index in [1.165, 1.54) is 37.1 Å². The van der Waals surface area contributed by atoms with Crippen molar-refractivity contribution in [2.75, 3.05) is 32.0 Å². The van der Waals surface area contributed by atoms with Gasteiger partial charge in [0, 0.05) is 7.05 Å². The molecule has 1 unspecified atom stereocenters. The van der Waals surface area contributed by atoms with Gasteiger partial charge in [-0.2, -0.15) is 5.09 Å². The van der Waals surface area contributed by atoms with E-state index in [-0.39, 0.29) is 11.4 Å². The number of benzene rings is 1. The second-order valence-corrected chi connectivity index (χ2v) is 10.8. The van der Waals surface area contributed by atoms with Crippen LogP contribution in [-0.4, -0.2) is 81.2 Å². The lowest BCUT2D eigenvalue weighted by molar-refractivity contribution is -0.142. The van der Waals surface area contributed by atoms with Gasteiger partial charge in [-0.15, -0.1) is 11.6 Å². The molecule has 6 atom stereocenters. The molecule has 1 aliphatic heterocycles. The van der Waals surface area contributed by atoms with Crippen molar-refractivity contribution in [3.8, 4) is 5.75 Å². The van der Waals surface area contributed by atoms with E-state index in [0.29, 0.717) is 17.2 Å². The second kappa shape index (κ2) is 11.7. The number of esters is 1. The van der Waals surface area contributed by atoms with Crippen LogP contribution in [-0.2, 0) is 23.4 Å². The van der Waals surface area contributed by atoms with Gasteiger partial charge in [0.25, 0.3) is 0 Å². The summed E-state index contributed by atoms with van der Waals surface area (Å²) in [6.07, 6.45) is -3.87. The molecule has 16 heteroatoms. The van der Waals surface area contributed by atoms with Crippen molar-refractivity contribution < 1.29 is 37.4 Å². The Balaban J connectivity index is 1.62. The number of aliphatic hydroxyl groups excluding tert-OH is 1. The smallest absolute Gasteiger partial charge is 0.459 e. The number of fused-ring (bicyclic) bond motifs is 1. The van der Waals surface area contributed by atoms with Crippen molar-refractivity contribution in [2.45, 2.75) is 44.0 Å². The molecule has 39 heavy (non-hydrogen) atoms. The van der Waals surface area contributed by atoms with Crippen LogP contribution < -0.4 is 14.9 Å². The van der Waals surface area contributed by atoms with E-state index in [2.05, 4.69) is 30.1 Å². The van der Waals surface area contributed by atoms with Gasteiger partial charge in [0.05, 0.1) is 25.9 Å². The molecule has 4 rings (SSSR count). The number of aliphatic hydroxyl groups is 1. The molecule has 1 aliphatic rings. The number of halogens is 2. The zero-order valence-corrected chi connectivity index (χ0v) is 23.2. The Labute approximate surface area is 228 Å². The Kier molecular flexibility index (Phi) is 8.74. The summed E-state index contributed by atoms with van der Waals surface area (Å²) in [5, 5.41) is 16.3. The third-order valence-electron chi connectivity index (χ3n) is 6.09. The summed E-state index contributed by atoms with van der Waals surface area (Å²) >= 11 is 6.19.